The van der Waals surface area contributed by atoms with E-state index in [0.29, 0.717) is 0 Å². The largest absolute Gasteiger partial charge is 0.480 e. The normalized spacial score (nSPS) is 13.9. The molecule has 0 radical (unpaired) electrons. The molecule has 4 unspecified atom stereocenters. The molecule has 0 aliphatic carbocycles. The lowest BCUT2D eigenvalue weighted by Gasteiger charge is -2.25. The van der Waals surface area contributed by atoms with Gasteiger partial charge in [0, 0.05) is 47.0 Å². The number of para-hydroxylation sites is 2. The number of amides is 3. The number of aromatic nitrogens is 2. The molecule has 4 atom stereocenters. The van der Waals surface area contributed by atoms with E-state index in [2.05, 4.69) is 25.9 Å². The fourth-order valence-corrected chi connectivity index (χ4v) is 5.35. The summed E-state index contributed by atoms with van der Waals surface area (Å²) in [4.78, 5) is 58.5. The van der Waals surface area contributed by atoms with Crippen LogP contribution in [0.15, 0.2) is 91.3 Å². The molecule has 2 heterocycles. The average Bonchev–Trinajstić information content (AvgIpc) is 3.64. The maximum Gasteiger partial charge on any atom is 0.325 e. The number of nitrogens with two attached hydrogens (primary N) is 1. The number of carbonyl (C=O) groups excluding carboxylic acids is 3. The van der Waals surface area contributed by atoms with Crippen molar-refractivity contribution < 1.29 is 24.3 Å². The van der Waals surface area contributed by atoms with Crippen LogP contribution in [-0.4, -0.2) is 62.9 Å². The minimum absolute atomic E-state index is 0.0786. The Morgan fingerprint density at radius 2 is 1.13 bits per heavy atom. The number of nitrogens with one attached hydrogen (secondary N) is 5. The van der Waals surface area contributed by atoms with Gasteiger partial charge in [0.05, 0.1) is 6.04 Å². The number of benzene rings is 3. The van der Waals surface area contributed by atoms with Crippen molar-refractivity contribution in [2.75, 3.05) is 0 Å². The van der Waals surface area contributed by atoms with Gasteiger partial charge in [-0.1, -0.05) is 66.7 Å². The summed E-state index contributed by atoms with van der Waals surface area (Å²) in [7, 11) is 0. The summed E-state index contributed by atoms with van der Waals surface area (Å²) in [6.45, 7) is 1.35. The third-order valence-electron chi connectivity index (χ3n) is 7.83. The fraction of sp³-hybridized carbons (Fsp3) is 0.235. The van der Waals surface area contributed by atoms with Crippen LogP contribution in [0, 0.1) is 0 Å². The minimum atomic E-state index is -1.21. The van der Waals surface area contributed by atoms with E-state index in [1.165, 1.54) is 6.92 Å². The molecule has 0 aliphatic rings. The summed E-state index contributed by atoms with van der Waals surface area (Å²) in [6, 6.07) is 20.1. The van der Waals surface area contributed by atoms with E-state index in [-0.39, 0.29) is 19.3 Å². The number of fused-ring (bicyclic) bond motifs is 2. The lowest BCUT2D eigenvalue weighted by Crippen LogP contribution is -2.58. The van der Waals surface area contributed by atoms with Crippen molar-refractivity contribution >= 4 is 45.5 Å². The van der Waals surface area contributed by atoms with Crippen molar-refractivity contribution in [1.29, 1.82) is 0 Å². The molecule has 0 fully saturated rings. The molecule has 0 aliphatic heterocycles. The molecule has 0 bridgehead atoms. The number of aromatic amines is 2. The predicted molar refractivity (Wildman–Crippen MR) is 171 cm³/mol. The van der Waals surface area contributed by atoms with Crippen LogP contribution in [0.25, 0.3) is 21.8 Å². The van der Waals surface area contributed by atoms with Gasteiger partial charge >= 0.3 is 5.97 Å². The summed E-state index contributed by atoms with van der Waals surface area (Å²) < 4.78 is 0. The number of hydrogen-bond acceptors (Lipinski definition) is 5. The molecule has 5 aromatic rings. The number of hydrogen-bond donors (Lipinski definition) is 7. The average molecular weight is 609 g/mol. The Bertz CT molecular complexity index is 1810. The van der Waals surface area contributed by atoms with E-state index < -0.39 is 47.9 Å². The van der Waals surface area contributed by atoms with E-state index in [4.69, 9.17) is 5.73 Å². The standard InChI is InChI=1S/C34H36N6O5/c1-20(34(44)45)38-32(42)29(16-22-18-36-27-13-7-5-11-24(22)27)40-33(43)30(17-23-19-37-28-14-8-6-12-25(23)28)39-31(41)26(35)15-21-9-3-2-4-10-21/h2-14,18-20,26,29-30,36-37H,15-17,35H2,1H3,(H,38,42)(H,39,41)(H,40,43)(H,44,45). The van der Waals surface area contributed by atoms with Crippen molar-refractivity contribution in [3.63, 3.8) is 0 Å². The Labute approximate surface area is 259 Å². The zero-order valence-corrected chi connectivity index (χ0v) is 24.7. The monoisotopic (exact) mass is 608 g/mol. The topological polar surface area (TPSA) is 182 Å². The Morgan fingerprint density at radius 3 is 1.67 bits per heavy atom. The van der Waals surface area contributed by atoms with Crippen LogP contribution < -0.4 is 21.7 Å². The molecule has 5 rings (SSSR count). The Morgan fingerprint density at radius 1 is 0.667 bits per heavy atom. The van der Waals surface area contributed by atoms with Crippen molar-refractivity contribution in [3.8, 4) is 0 Å². The first-order chi connectivity index (χ1) is 21.7. The zero-order chi connectivity index (χ0) is 31.9. The molecule has 45 heavy (non-hydrogen) atoms. The second kappa shape index (κ2) is 13.9. The van der Waals surface area contributed by atoms with E-state index in [1.54, 1.807) is 12.4 Å². The van der Waals surface area contributed by atoms with Gasteiger partial charge in [0.15, 0.2) is 0 Å². The van der Waals surface area contributed by atoms with Crippen LogP contribution in [0.5, 0.6) is 0 Å². The number of carboxylic acid groups (broad SMARTS) is 1. The van der Waals surface area contributed by atoms with Crippen LogP contribution in [0.2, 0.25) is 0 Å². The maximum absolute atomic E-state index is 14.0. The van der Waals surface area contributed by atoms with Crippen LogP contribution in [0.4, 0.5) is 0 Å². The quantitative estimate of drug-likeness (QED) is 0.108. The molecular weight excluding hydrogens is 572 g/mol. The molecule has 3 amide bonds. The Kier molecular flexibility index (Phi) is 9.59. The number of H-pyrrole nitrogens is 2. The summed E-state index contributed by atoms with van der Waals surface area (Å²) in [5.41, 5.74) is 10.4. The molecular formula is C34H36N6O5. The van der Waals surface area contributed by atoms with Crippen LogP contribution in [-0.2, 0) is 38.4 Å². The highest BCUT2D eigenvalue weighted by molar-refractivity contribution is 5.95. The van der Waals surface area contributed by atoms with Gasteiger partial charge in [0.1, 0.15) is 18.1 Å². The Balaban J connectivity index is 1.41. The van der Waals surface area contributed by atoms with Gasteiger partial charge in [-0.15, -0.1) is 0 Å². The summed E-state index contributed by atoms with van der Waals surface area (Å²) in [5, 5.41) is 19.2. The van der Waals surface area contributed by atoms with E-state index >= 15 is 0 Å². The van der Waals surface area contributed by atoms with Gasteiger partial charge in [0.2, 0.25) is 17.7 Å². The van der Waals surface area contributed by atoms with Gasteiger partial charge in [-0.25, -0.2) is 0 Å². The van der Waals surface area contributed by atoms with E-state index in [9.17, 15) is 24.3 Å². The summed E-state index contributed by atoms with van der Waals surface area (Å²) in [6.07, 6.45) is 4.01. The molecule has 232 valence electrons. The number of aliphatic carboxylic acids is 1. The van der Waals surface area contributed by atoms with Crippen molar-refractivity contribution in [2.24, 2.45) is 5.73 Å². The molecule has 11 nitrogen and oxygen atoms in total. The van der Waals surface area contributed by atoms with Gasteiger partial charge < -0.3 is 36.8 Å². The Hall–Kier alpha value is -5.42. The molecule has 0 spiro atoms. The second-order valence-corrected chi connectivity index (χ2v) is 11.1. The highest BCUT2D eigenvalue weighted by atomic mass is 16.4. The third-order valence-corrected chi connectivity index (χ3v) is 7.83. The van der Waals surface area contributed by atoms with E-state index in [1.807, 2.05) is 78.9 Å². The first-order valence-electron chi connectivity index (χ1n) is 14.7. The first-order valence-corrected chi connectivity index (χ1v) is 14.7. The molecule has 0 saturated carbocycles. The number of carboxylic acids is 1. The van der Waals surface area contributed by atoms with Crippen LogP contribution >= 0.6 is 0 Å². The number of rotatable bonds is 13. The number of carbonyl (C=O) groups is 4. The molecule has 3 aromatic carbocycles. The van der Waals surface area contributed by atoms with Gasteiger partial charge in [0.25, 0.3) is 0 Å². The second-order valence-electron chi connectivity index (χ2n) is 11.1. The highest BCUT2D eigenvalue weighted by Crippen LogP contribution is 2.21. The van der Waals surface area contributed by atoms with Gasteiger partial charge in [-0.3, -0.25) is 19.2 Å². The zero-order valence-electron chi connectivity index (χ0n) is 24.7. The fourth-order valence-electron chi connectivity index (χ4n) is 5.35. The third kappa shape index (κ3) is 7.57. The first kappa shape index (κ1) is 31.0. The van der Waals surface area contributed by atoms with Gasteiger partial charge in [-0.05, 0) is 42.2 Å². The predicted octanol–water partition coefficient (Wildman–Crippen LogP) is 2.56. The van der Waals surface area contributed by atoms with Crippen LogP contribution in [0.1, 0.15) is 23.6 Å². The molecule has 8 N–H and O–H groups in total. The maximum atomic E-state index is 14.0. The van der Waals surface area contributed by atoms with Crippen molar-refractivity contribution in [2.45, 2.75) is 50.4 Å². The molecule has 0 saturated heterocycles. The summed E-state index contributed by atoms with van der Waals surface area (Å²) in [5.74, 6) is -3.00. The molecule has 2 aromatic heterocycles. The molecule has 11 heteroatoms. The van der Waals surface area contributed by atoms with E-state index in [0.717, 1.165) is 38.5 Å². The van der Waals surface area contributed by atoms with Crippen molar-refractivity contribution in [1.82, 2.24) is 25.9 Å². The SMILES string of the molecule is CC(NC(=O)C(Cc1c[nH]c2ccccc12)NC(=O)C(Cc1c[nH]c2ccccc12)NC(=O)C(N)Cc1ccccc1)C(=O)O. The summed E-state index contributed by atoms with van der Waals surface area (Å²) >= 11 is 0. The van der Waals surface area contributed by atoms with Gasteiger partial charge in [-0.2, -0.15) is 0 Å². The highest BCUT2D eigenvalue weighted by Gasteiger charge is 2.31. The minimum Gasteiger partial charge on any atom is -0.480 e. The van der Waals surface area contributed by atoms with Crippen LogP contribution in [0.3, 0.4) is 0 Å². The lowest BCUT2D eigenvalue weighted by atomic mass is 10.0. The smallest absolute Gasteiger partial charge is 0.325 e. The lowest BCUT2D eigenvalue weighted by molar-refractivity contribution is -0.141. The van der Waals surface area contributed by atoms with Crippen molar-refractivity contribution in [3.05, 3.63) is 108 Å².